The monoisotopic (exact) mass is 262 g/mol. The summed E-state index contributed by atoms with van der Waals surface area (Å²) >= 11 is 0. The van der Waals surface area contributed by atoms with Crippen LogP contribution in [0.5, 0.6) is 5.75 Å². The lowest BCUT2D eigenvalue weighted by atomic mass is 10.1. The van der Waals surface area contributed by atoms with Crippen molar-refractivity contribution in [1.29, 1.82) is 0 Å². The highest BCUT2D eigenvalue weighted by Crippen LogP contribution is 2.16. The van der Waals surface area contributed by atoms with E-state index < -0.39 is 0 Å². The number of hydrogen-bond donors (Lipinski definition) is 2. The minimum atomic E-state index is -0.0326. The van der Waals surface area contributed by atoms with E-state index in [2.05, 4.69) is 17.6 Å². The van der Waals surface area contributed by atoms with Crippen molar-refractivity contribution in [3.63, 3.8) is 0 Å². The first-order valence-electron chi connectivity index (χ1n) is 6.84. The highest BCUT2D eigenvalue weighted by Gasteiger charge is 2.24. The standard InChI is InChI=1S/C15H22N2O2/c1-10(2)19-13-6-4-5-12(7-13)15(18)17-14-9-16-8-11(14)3/h4-7,10-11,14,16H,8-9H2,1-3H3,(H,17,18). The van der Waals surface area contributed by atoms with Crippen LogP contribution in [-0.4, -0.2) is 31.1 Å². The van der Waals surface area contributed by atoms with Gasteiger partial charge in [-0.05, 0) is 44.5 Å². The maximum Gasteiger partial charge on any atom is 0.251 e. The Morgan fingerprint density at radius 1 is 1.42 bits per heavy atom. The van der Waals surface area contributed by atoms with E-state index in [4.69, 9.17) is 4.74 Å². The second kappa shape index (κ2) is 6.06. The SMILES string of the molecule is CC(C)Oc1cccc(C(=O)NC2CNCC2C)c1. The van der Waals surface area contributed by atoms with Crippen molar-refractivity contribution >= 4 is 5.91 Å². The number of benzene rings is 1. The highest BCUT2D eigenvalue weighted by molar-refractivity contribution is 5.94. The minimum absolute atomic E-state index is 0.0326. The average Bonchev–Trinajstić information content (AvgIpc) is 2.74. The summed E-state index contributed by atoms with van der Waals surface area (Å²) in [7, 11) is 0. The van der Waals surface area contributed by atoms with Crippen LogP contribution in [0.15, 0.2) is 24.3 Å². The van der Waals surface area contributed by atoms with Gasteiger partial charge in [0.25, 0.3) is 5.91 Å². The Balaban J connectivity index is 2.02. The maximum absolute atomic E-state index is 12.2. The Bertz CT molecular complexity index is 446. The molecule has 0 aromatic heterocycles. The number of amides is 1. The molecule has 104 valence electrons. The Morgan fingerprint density at radius 3 is 2.84 bits per heavy atom. The Hall–Kier alpha value is -1.55. The second-order valence-electron chi connectivity index (χ2n) is 5.41. The summed E-state index contributed by atoms with van der Waals surface area (Å²) in [6.45, 7) is 7.89. The number of ether oxygens (including phenoxy) is 1. The van der Waals surface area contributed by atoms with Gasteiger partial charge in [0.05, 0.1) is 6.10 Å². The lowest BCUT2D eigenvalue weighted by Gasteiger charge is -2.17. The summed E-state index contributed by atoms with van der Waals surface area (Å²) in [5, 5.41) is 6.35. The summed E-state index contributed by atoms with van der Waals surface area (Å²) in [4.78, 5) is 12.2. The molecule has 1 amide bonds. The molecule has 0 spiro atoms. The average molecular weight is 262 g/mol. The minimum Gasteiger partial charge on any atom is -0.491 e. The third kappa shape index (κ3) is 3.70. The van der Waals surface area contributed by atoms with Gasteiger partial charge in [-0.3, -0.25) is 4.79 Å². The van der Waals surface area contributed by atoms with Crippen LogP contribution in [0, 0.1) is 5.92 Å². The number of nitrogens with one attached hydrogen (secondary N) is 2. The summed E-state index contributed by atoms with van der Waals surface area (Å²) in [5.74, 6) is 1.18. The fourth-order valence-electron chi connectivity index (χ4n) is 2.24. The fourth-order valence-corrected chi connectivity index (χ4v) is 2.24. The molecular formula is C15H22N2O2. The summed E-state index contributed by atoms with van der Waals surface area (Å²) < 4.78 is 5.60. The molecule has 2 unspecified atom stereocenters. The summed E-state index contributed by atoms with van der Waals surface area (Å²) in [6.07, 6.45) is 0.109. The van der Waals surface area contributed by atoms with Crippen molar-refractivity contribution in [2.75, 3.05) is 13.1 Å². The summed E-state index contributed by atoms with van der Waals surface area (Å²) in [5.41, 5.74) is 0.650. The van der Waals surface area contributed by atoms with E-state index in [1.54, 1.807) is 6.07 Å². The molecule has 1 saturated heterocycles. The molecule has 19 heavy (non-hydrogen) atoms. The molecule has 2 rings (SSSR count). The van der Waals surface area contributed by atoms with Gasteiger partial charge in [-0.25, -0.2) is 0 Å². The van der Waals surface area contributed by atoms with Gasteiger partial charge in [0, 0.05) is 18.2 Å². The molecule has 1 aliphatic rings. The van der Waals surface area contributed by atoms with Crippen LogP contribution in [0.2, 0.25) is 0 Å². The van der Waals surface area contributed by atoms with Crippen molar-refractivity contribution in [3.8, 4) is 5.75 Å². The van der Waals surface area contributed by atoms with E-state index >= 15 is 0 Å². The number of hydrogen-bond acceptors (Lipinski definition) is 3. The van der Waals surface area contributed by atoms with Crippen LogP contribution < -0.4 is 15.4 Å². The summed E-state index contributed by atoms with van der Waals surface area (Å²) in [6, 6.07) is 7.54. The topological polar surface area (TPSA) is 50.4 Å². The number of carbonyl (C=O) groups excluding carboxylic acids is 1. The first kappa shape index (κ1) is 13.9. The van der Waals surface area contributed by atoms with E-state index in [9.17, 15) is 4.79 Å². The van der Waals surface area contributed by atoms with E-state index in [1.165, 1.54) is 0 Å². The quantitative estimate of drug-likeness (QED) is 0.870. The molecule has 0 radical (unpaired) electrons. The van der Waals surface area contributed by atoms with E-state index in [0.29, 0.717) is 11.5 Å². The van der Waals surface area contributed by atoms with Gasteiger partial charge in [0.1, 0.15) is 5.75 Å². The smallest absolute Gasteiger partial charge is 0.251 e. The first-order valence-corrected chi connectivity index (χ1v) is 6.84. The molecule has 0 aliphatic carbocycles. The third-order valence-corrected chi connectivity index (χ3v) is 3.30. The van der Waals surface area contributed by atoms with Gasteiger partial charge in [-0.15, -0.1) is 0 Å². The zero-order valence-electron chi connectivity index (χ0n) is 11.8. The van der Waals surface area contributed by atoms with Gasteiger partial charge in [0.15, 0.2) is 0 Å². The van der Waals surface area contributed by atoms with E-state index in [0.717, 1.165) is 18.8 Å². The fraction of sp³-hybridized carbons (Fsp3) is 0.533. The van der Waals surface area contributed by atoms with E-state index in [-0.39, 0.29) is 18.1 Å². The second-order valence-corrected chi connectivity index (χ2v) is 5.41. The number of carbonyl (C=O) groups is 1. The van der Waals surface area contributed by atoms with Crippen molar-refractivity contribution in [3.05, 3.63) is 29.8 Å². The highest BCUT2D eigenvalue weighted by atomic mass is 16.5. The largest absolute Gasteiger partial charge is 0.491 e. The van der Waals surface area contributed by atoms with Crippen LogP contribution in [0.1, 0.15) is 31.1 Å². The molecule has 1 aliphatic heterocycles. The molecule has 0 bridgehead atoms. The predicted octanol–water partition coefficient (Wildman–Crippen LogP) is 1.81. The molecule has 2 atom stereocenters. The Morgan fingerprint density at radius 2 is 2.21 bits per heavy atom. The van der Waals surface area contributed by atoms with Crippen LogP contribution in [0.4, 0.5) is 0 Å². The molecule has 2 N–H and O–H groups in total. The van der Waals surface area contributed by atoms with Gasteiger partial charge in [0.2, 0.25) is 0 Å². The molecule has 4 nitrogen and oxygen atoms in total. The third-order valence-electron chi connectivity index (χ3n) is 3.30. The molecule has 1 heterocycles. The molecule has 4 heteroatoms. The molecule has 1 fully saturated rings. The Labute approximate surface area is 114 Å². The maximum atomic E-state index is 12.2. The van der Waals surface area contributed by atoms with Gasteiger partial charge >= 0.3 is 0 Å². The van der Waals surface area contributed by atoms with E-state index in [1.807, 2.05) is 32.0 Å². The lowest BCUT2D eigenvalue weighted by Crippen LogP contribution is -2.39. The lowest BCUT2D eigenvalue weighted by molar-refractivity contribution is 0.0932. The Kier molecular flexibility index (Phi) is 4.43. The first-order chi connectivity index (χ1) is 9.06. The van der Waals surface area contributed by atoms with Crippen LogP contribution >= 0.6 is 0 Å². The van der Waals surface area contributed by atoms with Crippen molar-refractivity contribution in [2.24, 2.45) is 5.92 Å². The molecular weight excluding hydrogens is 240 g/mol. The molecule has 0 saturated carbocycles. The van der Waals surface area contributed by atoms with Crippen molar-refractivity contribution < 1.29 is 9.53 Å². The zero-order chi connectivity index (χ0) is 13.8. The molecule has 1 aromatic carbocycles. The van der Waals surface area contributed by atoms with Gasteiger partial charge in [-0.1, -0.05) is 13.0 Å². The van der Waals surface area contributed by atoms with Crippen LogP contribution in [0.3, 0.4) is 0 Å². The van der Waals surface area contributed by atoms with Crippen molar-refractivity contribution in [2.45, 2.75) is 32.9 Å². The van der Waals surface area contributed by atoms with Gasteiger partial charge in [-0.2, -0.15) is 0 Å². The number of rotatable bonds is 4. The van der Waals surface area contributed by atoms with Gasteiger partial charge < -0.3 is 15.4 Å². The van der Waals surface area contributed by atoms with Crippen molar-refractivity contribution in [1.82, 2.24) is 10.6 Å². The van der Waals surface area contributed by atoms with Crippen LogP contribution in [-0.2, 0) is 0 Å². The normalized spacial score (nSPS) is 22.5. The van der Waals surface area contributed by atoms with Crippen LogP contribution in [0.25, 0.3) is 0 Å². The predicted molar refractivity (Wildman–Crippen MR) is 75.5 cm³/mol. The molecule has 1 aromatic rings. The zero-order valence-corrected chi connectivity index (χ0v) is 11.8.